The highest BCUT2D eigenvalue weighted by Gasteiger charge is 2.29. The van der Waals surface area contributed by atoms with Crippen molar-refractivity contribution in [2.75, 3.05) is 32.2 Å². The van der Waals surface area contributed by atoms with Crippen LogP contribution >= 0.6 is 0 Å². The number of carbonyl (C=O) groups is 2. The molecule has 36 heavy (non-hydrogen) atoms. The molecule has 0 heterocycles. The third-order valence-electron chi connectivity index (χ3n) is 4.83. The van der Waals surface area contributed by atoms with Crippen molar-refractivity contribution in [3.05, 3.63) is 83.5 Å². The Balaban J connectivity index is 2.31. The van der Waals surface area contributed by atoms with Gasteiger partial charge in [-0.15, -0.1) is 0 Å². The SMILES string of the molecule is CCOC(=O)/C=C/C=C(\C)[C@@H](OC)[C@H](OC(=O)Nc1ccc(F)cc1F)c1ccc(OCCO)cc1. The second kappa shape index (κ2) is 14.6. The lowest BCUT2D eigenvalue weighted by Crippen LogP contribution is -2.29. The highest BCUT2D eigenvalue weighted by molar-refractivity contribution is 5.85. The molecule has 0 aliphatic carbocycles. The van der Waals surface area contributed by atoms with E-state index in [1.54, 1.807) is 44.2 Å². The number of anilines is 1. The van der Waals surface area contributed by atoms with E-state index in [1.807, 2.05) is 0 Å². The zero-order chi connectivity index (χ0) is 26.5. The molecule has 0 aliphatic heterocycles. The van der Waals surface area contributed by atoms with Crippen LogP contribution in [0.3, 0.4) is 0 Å². The van der Waals surface area contributed by atoms with Crippen molar-refractivity contribution in [2.45, 2.75) is 26.1 Å². The number of amides is 1. The number of esters is 1. The van der Waals surface area contributed by atoms with E-state index < -0.39 is 35.9 Å². The summed E-state index contributed by atoms with van der Waals surface area (Å²) in [5, 5.41) is 11.2. The number of rotatable bonds is 12. The topological polar surface area (TPSA) is 103 Å². The Bertz CT molecular complexity index is 1070. The molecule has 2 atom stereocenters. The number of carbonyl (C=O) groups excluding carboxylic acids is 2. The second-order valence-electron chi connectivity index (χ2n) is 7.39. The summed E-state index contributed by atoms with van der Waals surface area (Å²) in [6, 6.07) is 9.28. The molecule has 2 aromatic carbocycles. The molecule has 1 amide bonds. The van der Waals surface area contributed by atoms with Gasteiger partial charge in [0.05, 0.1) is 18.9 Å². The minimum Gasteiger partial charge on any atom is -0.491 e. The van der Waals surface area contributed by atoms with E-state index in [1.165, 1.54) is 19.3 Å². The van der Waals surface area contributed by atoms with Gasteiger partial charge in [-0.3, -0.25) is 5.32 Å². The second-order valence-corrected chi connectivity index (χ2v) is 7.39. The molecule has 0 saturated heterocycles. The van der Waals surface area contributed by atoms with Crippen LogP contribution in [0.15, 0.2) is 66.3 Å². The van der Waals surface area contributed by atoms with Crippen LogP contribution in [0, 0.1) is 11.6 Å². The monoisotopic (exact) mass is 505 g/mol. The molecule has 0 bridgehead atoms. The van der Waals surface area contributed by atoms with Crippen LogP contribution in [0.2, 0.25) is 0 Å². The average molecular weight is 506 g/mol. The van der Waals surface area contributed by atoms with Gasteiger partial charge < -0.3 is 24.1 Å². The van der Waals surface area contributed by atoms with Gasteiger partial charge in [-0.25, -0.2) is 18.4 Å². The maximum Gasteiger partial charge on any atom is 0.412 e. The minimum atomic E-state index is -1.00. The molecule has 2 rings (SSSR count). The summed E-state index contributed by atoms with van der Waals surface area (Å²) in [6.07, 6.45) is 1.53. The smallest absolute Gasteiger partial charge is 0.412 e. The number of ether oxygens (including phenoxy) is 4. The Morgan fingerprint density at radius 1 is 1.14 bits per heavy atom. The van der Waals surface area contributed by atoms with E-state index in [4.69, 9.17) is 24.1 Å². The van der Waals surface area contributed by atoms with Crippen molar-refractivity contribution in [2.24, 2.45) is 0 Å². The van der Waals surface area contributed by atoms with Gasteiger partial charge in [0.1, 0.15) is 30.1 Å². The van der Waals surface area contributed by atoms with Gasteiger partial charge in [0.25, 0.3) is 0 Å². The molecule has 0 unspecified atom stereocenters. The first kappa shape index (κ1) is 28.5. The van der Waals surface area contributed by atoms with E-state index in [0.717, 1.165) is 12.1 Å². The predicted octanol–water partition coefficient (Wildman–Crippen LogP) is 4.71. The summed E-state index contributed by atoms with van der Waals surface area (Å²) in [6.45, 7) is 3.61. The minimum absolute atomic E-state index is 0.111. The number of aliphatic hydroxyl groups is 1. The van der Waals surface area contributed by atoms with Crippen molar-refractivity contribution in [1.82, 2.24) is 0 Å². The first-order valence-corrected chi connectivity index (χ1v) is 11.1. The molecule has 0 saturated carbocycles. The fourth-order valence-electron chi connectivity index (χ4n) is 3.18. The molecule has 10 heteroatoms. The molecule has 8 nitrogen and oxygen atoms in total. The molecule has 194 valence electrons. The standard InChI is InChI=1S/C26H29F2NO7/c1-4-34-23(31)7-5-6-17(2)24(33-3)25(18-8-11-20(12-9-18)35-15-14-30)36-26(32)29-22-13-10-19(27)16-21(22)28/h5-13,16,24-25,30H,4,14-15H2,1-3H3,(H,29,32)/b7-5+,17-6+/t24-,25-/m1/s1. The maximum atomic E-state index is 14.0. The fraction of sp³-hybridized carbons (Fsp3) is 0.308. The van der Waals surface area contributed by atoms with Gasteiger partial charge in [0.2, 0.25) is 0 Å². The first-order chi connectivity index (χ1) is 17.3. The number of allylic oxidation sites excluding steroid dienone is 2. The molecular formula is C26H29F2NO7. The lowest BCUT2D eigenvalue weighted by Gasteiger charge is -2.27. The lowest BCUT2D eigenvalue weighted by molar-refractivity contribution is -0.137. The number of aliphatic hydroxyl groups excluding tert-OH is 1. The normalized spacial score (nSPS) is 13.2. The van der Waals surface area contributed by atoms with Gasteiger partial charge in [-0.2, -0.15) is 0 Å². The highest BCUT2D eigenvalue weighted by Crippen LogP contribution is 2.30. The van der Waals surface area contributed by atoms with Gasteiger partial charge in [-0.05, 0) is 49.2 Å². The summed E-state index contributed by atoms with van der Waals surface area (Å²) in [5.74, 6) is -1.77. The summed E-state index contributed by atoms with van der Waals surface area (Å²) >= 11 is 0. The third kappa shape index (κ3) is 8.79. The van der Waals surface area contributed by atoms with Crippen LogP contribution < -0.4 is 10.1 Å². The van der Waals surface area contributed by atoms with Gasteiger partial charge in [-0.1, -0.05) is 24.3 Å². The first-order valence-electron chi connectivity index (χ1n) is 11.1. The molecule has 0 aliphatic rings. The zero-order valence-electron chi connectivity index (χ0n) is 20.2. The average Bonchev–Trinajstić information content (AvgIpc) is 2.85. The van der Waals surface area contributed by atoms with E-state index in [2.05, 4.69) is 5.32 Å². The number of nitrogens with one attached hydrogen (secondary N) is 1. The van der Waals surface area contributed by atoms with Crippen LogP contribution in [0.4, 0.5) is 19.3 Å². The van der Waals surface area contributed by atoms with E-state index in [-0.39, 0.29) is 25.5 Å². The van der Waals surface area contributed by atoms with Crippen LogP contribution in [0.1, 0.15) is 25.5 Å². The molecule has 2 N–H and O–H groups in total. The Morgan fingerprint density at radius 2 is 1.86 bits per heavy atom. The van der Waals surface area contributed by atoms with Crippen molar-refractivity contribution >= 4 is 17.7 Å². The van der Waals surface area contributed by atoms with Crippen molar-refractivity contribution < 1.29 is 42.4 Å². The summed E-state index contributed by atoms with van der Waals surface area (Å²) < 4.78 is 48.6. The lowest BCUT2D eigenvalue weighted by atomic mass is 9.98. The number of methoxy groups -OCH3 is 1. The Kier molecular flexibility index (Phi) is 11.5. The number of hydrogen-bond donors (Lipinski definition) is 2. The van der Waals surface area contributed by atoms with Crippen LogP contribution in [-0.4, -0.2) is 50.2 Å². The van der Waals surface area contributed by atoms with Crippen LogP contribution in [0.5, 0.6) is 5.75 Å². The van der Waals surface area contributed by atoms with Crippen LogP contribution in [0.25, 0.3) is 0 Å². The van der Waals surface area contributed by atoms with Crippen LogP contribution in [-0.2, 0) is 19.0 Å². The molecule has 0 fully saturated rings. The molecule has 0 spiro atoms. The Morgan fingerprint density at radius 3 is 2.47 bits per heavy atom. The third-order valence-corrected chi connectivity index (χ3v) is 4.83. The quantitative estimate of drug-likeness (QED) is 0.245. The largest absolute Gasteiger partial charge is 0.491 e. The summed E-state index contributed by atoms with van der Waals surface area (Å²) in [4.78, 5) is 24.2. The Hall–Kier alpha value is -3.76. The van der Waals surface area contributed by atoms with Gasteiger partial charge in [0.15, 0.2) is 6.10 Å². The van der Waals surface area contributed by atoms with E-state index >= 15 is 0 Å². The molecule has 0 aromatic heterocycles. The van der Waals surface area contributed by atoms with Gasteiger partial charge in [0, 0.05) is 19.3 Å². The Labute approximate surface area is 208 Å². The predicted molar refractivity (Wildman–Crippen MR) is 129 cm³/mol. The fourth-order valence-corrected chi connectivity index (χ4v) is 3.18. The number of hydrogen-bond acceptors (Lipinski definition) is 7. The van der Waals surface area contributed by atoms with E-state index in [0.29, 0.717) is 23.0 Å². The molecule has 0 radical (unpaired) electrons. The highest BCUT2D eigenvalue weighted by atomic mass is 19.1. The molecular weight excluding hydrogens is 476 g/mol. The molecule has 2 aromatic rings. The number of halogens is 2. The summed E-state index contributed by atoms with van der Waals surface area (Å²) in [5.41, 5.74) is 0.867. The van der Waals surface area contributed by atoms with Gasteiger partial charge >= 0.3 is 12.1 Å². The van der Waals surface area contributed by atoms with Crippen molar-refractivity contribution in [1.29, 1.82) is 0 Å². The number of benzene rings is 2. The zero-order valence-corrected chi connectivity index (χ0v) is 20.2. The van der Waals surface area contributed by atoms with E-state index in [9.17, 15) is 18.4 Å². The maximum absolute atomic E-state index is 14.0. The van der Waals surface area contributed by atoms with Crippen molar-refractivity contribution in [3.63, 3.8) is 0 Å². The van der Waals surface area contributed by atoms with Crippen molar-refractivity contribution in [3.8, 4) is 5.75 Å². The summed E-state index contributed by atoms with van der Waals surface area (Å²) in [7, 11) is 1.42.